The molecule has 1 aliphatic carbocycles. The number of ether oxygens (including phenoxy) is 1. The number of hydrogen-bond acceptors (Lipinski definition) is 7. The Hall–Kier alpha value is -3.25. The van der Waals surface area contributed by atoms with Crippen LogP contribution in [-0.2, 0) is 21.5 Å². The summed E-state index contributed by atoms with van der Waals surface area (Å²) >= 11 is 0. The Bertz CT molecular complexity index is 1530. The number of nitrogens with zero attached hydrogens (tertiary/aromatic N) is 2. The van der Waals surface area contributed by atoms with E-state index in [4.69, 9.17) is 4.74 Å². The summed E-state index contributed by atoms with van der Waals surface area (Å²) in [6.07, 6.45) is -0.388. The van der Waals surface area contributed by atoms with Gasteiger partial charge in [-0.2, -0.15) is 8.42 Å². The lowest BCUT2D eigenvalue weighted by Gasteiger charge is -2.35. The van der Waals surface area contributed by atoms with Crippen molar-refractivity contribution in [1.29, 1.82) is 0 Å². The van der Waals surface area contributed by atoms with Gasteiger partial charge in [-0.05, 0) is 70.7 Å². The average Bonchev–Trinajstić information content (AvgIpc) is 3.22. The van der Waals surface area contributed by atoms with Gasteiger partial charge >= 0.3 is 23.4 Å². The van der Waals surface area contributed by atoms with E-state index in [1.165, 1.54) is 13.8 Å². The van der Waals surface area contributed by atoms with Gasteiger partial charge in [-0.15, -0.1) is 3.89 Å². The van der Waals surface area contributed by atoms with Gasteiger partial charge < -0.3 is 19.7 Å². The third kappa shape index (κ3) is 5.14. The molecule has 2 N–H and O–H groups in total. The standard InChI is InChI=1S/C29H32BFN2O6S/c1-18-25(19(2)28(40(31,37)38)20(3)27(18)30(35)36)16-32-12-14-33(15-13-32)29(34)39-17-26-23-10-6-4-8-21(23)22-9-5-7-11-24(22)26/h4-11,26,35-36H,12-17H2,1-3H3. The maximum atomic E-state index is 14.2. The molecule has 2 aliphatic rings. The summed E-state index contributed by atoms with van der Waals surface area (Å²) in [6, 6.07) is 16.3. The van der Waals surface area contributed by atoms with Crippen LogP contribution in [0.3, 0.4) is 0 Å². The van der Waals surface area contributed by atoms with Gasteiger partial charge in [0, 0.05) is 38.6 Å². The van der Waals surface area contributed by atoms with Gasteiger partial charge in [0.05, 0.1) is 0 Å². The number of carbonyl (C=O) groups is 1. The van der Waals surface area contributed by atoms with Crippen LogP contribution in [0.5, 0.6) is 0 Å². The molecule has 0 atom stereocenters. The summed E-state index contributed by atoms with van der Waals surface area (Å²) in [5, 5.41) is 19.8. The van der Waals surface area contributed by atoms with Crippen molar-refractivity contribution in [1.82, 2.24) is 9.80 Å². The molecular weight excluding hydrogens is 534 g/mol. The van der Waals surface area contributed by atoms with Crippen molar-refractivity contribution in [3.63, 3.8) is 0 Å². The lowest BCUT2D eigenvalue weighted by molar-refractivity contribution is 0.0727. The zero-order valence-electron chi connectivity index (χ0n) is 22.7. The first-order valence-corrected chi connectivity index (χ1v) is 14.6. The minimum Gasteiger partial charge on any atom is -0.448 e. The highest BCUT2D eigenvalue weighted by molar-refractivity contribution is 7.86. The van der Waals surface area contributed by atoms with Crippen LogP contribution in [-0.4, -0.2) is 74.3 Å². The van der Waals surface area contributed by atoms with Crippen molar-refractivity contribution >= 4 is 28.9 Å². The SMILES string of the molecule is Cc1c(CN2CCN(C(=O)OCC3c4ccccc4-c4ccccc43)CC2)c(C)c(S(=O)(=O)F)c(C)c1B(O)O. The number of amides is 1. The first-order chi connectivity index (χ1) is 19.0. The van der Waals surface area contributed by atoms with E-state index in [-0.39, 0.29) is 41.8 Å². The maximum Gasteiger partial charge on any atom is 0.489 e. The quantitative estimate of drug-likeness (QED) is 0.349. The second-order valence-electron chi connectivity index (χ2n) is 10.5. The number of rotatable bonds is 6. The van der Waals surface area contributed by atoms with E-state index in [1.807, 2.05) is 29.2 Å². The third-order valence-corrected chi connectivity index (χ3v) is 9.34. The topological polar surface area (TPSA) is 107 Å². The molecule has 1 aliphatic heterocycles. The van der Waals surface area contributed by atoms with Crippen molar-refractivity contribution < 1.29 is 31.9 Å². The van der Waals surface area contributed by atoms with Crippen molar-refractivity contribution in [2.24, 2.45) is 0 Å². The van der Waals surface area contributed by atoms with Crippen LogP contribution in [0.4, 0.5) is 8.68 Å². The lowest BCUT2D eigenvalue weighted by atomic mass is 9.72. The van der Waals surface area contributed by atoms with Gasteiger partial charge in [0.25, 0.3) is 0 Å². The highest BCUT2D eigenvalue weighted by Crippen LogP contribution is 2.44. The Morgan fingerprint density at radius 2 is 1.48 bits per heavy atom. The van der Waals surface area contributed by atoms with E-state index >= 15 is 0 Å². The Morgan fingerprint density at radius 1 is 0.925 bits per heavy atom. The highest BCUT2D eigenvalue weighted by atomic mass is 32.3. The first-order valence-electron chi connectivity index (χ1n) is 13.2. The van der Waals surface area contributed by atoms with Crippen molar-refractivity contribution in [2.75, 3.05) is 32.8 Å². The van der Waals surface area contributed by atoms with Crippen molar-refractivity contribution in [2.45, 2.75) is 38.1 Å². The molecule has 3 aromatic rings. The molecule has 0 bridgehead atoms. The van der Waals surface area contributed by atoms with Crippen molar-refractivity contribution in [3.05, 3.63) is 81.9 Å². The Kier molecular flexibility index (Phi) is 7.76. The van der Waals surface area contributed by atoms with E-state index in [1.54, 1.807) is 11.8 Å². The zero-order valence-corrected chi connectivity index (χ0v) is 23.5. The normalized spacial score (nSPS) is 15.6. The number of fused-ring (bicyclic) bond motifs is 3. The fraction of sp³-hybridized carbons (Fsp3) is 0.345. The van der Waals surface area contributed by atoms with Crippen LogP contribution in [0.25, 0.3) is 11.1 Å². The van der Waals surface area contributed by atoms with Gasteiger partial charge in [-0.25, -0.2) is 4.79 Å². The largest absolute Gasteiger partial charge is 0.489 e. The molecule has 40 heavy (non-hydrogen) atoms. The molecule has 0 aromatic heterocycles. The Labute approximate surface area is 234 Å². The fourth-order valence-electron chi connectivity index (χ4n) is 6.25. The average molecular weight is 566 g/mol. The minimum atomic E-state index is -5.08. The van der Waals surface area contributed by atoms with Gasteiger partial charge in [-0.1, -0.05) is 48.5 Å². The van der Waals surface area contributed by atoms with Crippen LogP contribution in [0, 0.1) is 20.8 Å². The number of piperazine rings is 1. The van der Waals surface area contributed by atoms with Crippen LogP contribution >= 0.6 is 0 Å². The molecular formula is C29H32BFN2O6S. The van der Waals surface area contributed by atoms with E-state index in [0.29, 0.717) is 37.3 Å². The second-order valence-corrected chi connectivity index (χ2v) is 11.8. The summed E-state index contributed by atoms with van der Waals surface area (Å²) in [5.41, 5.74) is 5.90. The van der Waals surface area contributed by atoms with E-state index in [2.05, 4.69) is 24.3 Å². The third-order valence-electron chi connectivity index (χ3n) is 8.24. The Morgan fingerprint density at radius 3 is 2.00 bits per heavy atom. The number of hydrogen-bond donors (Lipinski definition) is 2. The molecule has 3 aromatic carbocycles. The summed E-state index contributed by atoms with van der Waals surface area (Å²) in [5.74, 6) is -0.0258. The molecule has 0 unspecified atom stereocenters. The van der Waals surface area contributed by atoms with Crippen LogP contribution in [0.15, 0.2) is 53.4 Å². The van der Waals surface area contributed by atoms with Gasteiger partial charge in [0.15, 0.2) is 0 Å². The molecule has 1 fully saturated rings. The molecule has 8 nitrogen and oxygen atoms in total. The zero-order chi connectivity index (χ0) is 28.8. The summed E-state index contributed by atoms with van der Waals surface area (Å²) in [4.78, 5) is 16.1. The van der Waals surface area contributed by atoms with Gasteiger partial charge in [-0.3, -0.25) is 4.90 Å². The molecule has 1 heterocycles. The van der Waals surface area contributed by atoms with Gasteiger partial charge in [0.2, 0.25) is 0 Å². The van der Waals surface area contributed by atoms with Crippen LogP contribution < -0.4 is 5.46 Å². The highest BCUT2D eigenvalue weighted by Gasteiger charge is 2.32. The number of carbonyl (C=O) groups excluding carboxylic acids is 1. The lowest BCUT2D eigenvalue weighted by Crippen LogP contribution is -2.49. The molecule has 1 amide bonds. The van der Waals surface area contributed by atoms with E-state index < -0.39 is 22.2 Å². The number of benzene rings is 3. The summed E-state index contributed by atoms with van der Waals surface area (Å²) in [6.45, 7) is 6.89. The molecule has 5 rings (SSSR count). The molecule has 0 radical (unpaired) electrons. The van der Waals surface area contributed by atoms with Crippen LogP contribution in [0.2, 0.25) is 0 Å². The molecule has 1 saturated heterocycles. The monoisotopic (exact) mass is 566 g/mol. The van der Waals surface area contributed by atoms with Gasteiger partial charge in [0.1, 0.15) is 11.5 Å². The predicted octanol–water partition coefficient (Wildman–Crippen LogP) is 3.02. The summed E-state index contributed by atoms with van der Waals surface area (Å²) in [7, 11) is -7.02. The summed E-state index contributed by atoms with van der Waals surface area (Å²) < 4.78 is 43.8. The van der Waals surface area contributed by atoms with E-state index in [0.717, 1.165) is 22.3 Å². The first kappa shape index (κ1) is 28.3. The number of halogens is 1. The molecule has 11 heteroatoms. The van der Waals surface area contributed by atoms with Crippen LogP contribution in [0.1, 0.15) is 39.3 Å². The Balaban J connectivity index is 1.25. The molecule has 0 spiro atoms. The fourth-order valence-corrected chi connectivity index (χ4v) is 7.22. The molecule has 210 valence electrons. The van der Waals surface area contributed by atoms with Crippen molar-refractivity contribution in [3.8, 4) is 11.1 Å². The second kappa shape index (κ2) is 11.0. The molecule has 0 saturated carbocycles. The smallest absolute Gasteiger partial charge is 0.448 e. The minimum absolute atomic E-state index is 0.00340. The van der Waals surface area contributed by atoms with E-state index in [9.17, 15) is 27.1 Å². The predicted molar refractivity (Wildman–Crippen MR) is 151 cm³/mol. The maximum absolute atomic E-state index is 14.2.